The van der Waals surface area contributed by atoms with Crippen LogP contribution in [0.3, 0.4) is 0 Å². The van der Waals surface area contributed by atoms with Crippen LogP contribution in [0.2, 0.25) is 0 Å². The fourth-order valence-electron chi connectivity index (χ4n) is 0.901. The second kappa shape index (κ2) is 6.36. The monoisotopic (exact) mass is 215 g/mol. The maximum atomic E-state index is 11.4. The average Bonchev–Trinajstić information content (AvgIpc) is 2.14. The second-order valence-electron chi connectivity index (χ2n) is 2.75. The molecule has 0 aliphatic carbocycles. The number of sulfonamides is 1. The predicted octanol–water partition coefficient (Wildman–Crippen LogP) is 0.512. The first-order valence-electron chi connectivity index (χ1n) is 4.33. The lowest BCUT2D eigenvalue weighted by Crippen LogP contribution is -2.33. The Morgan fingerprint density at radius 1 is 1.43 bits per heavy atom. The maximum absolute atomic E-state index is 11.4. The number of nitrogens with zero attached hydrogens (tertiary/aromatic N) is 2. The lowest BCUT2D eigenvalue weighted by atomic mass is 10.3. The molecule has 78 valence electrons. The van der Waals surface area contributed by atoms with Gasteiger partial charge in [0.25, 0.3) is 0 Å². The summed E-state index contributed by atoms with van der Waals surface area (Å²) in [5.74, 6) is 0. The molecule has 14 heavy (non-hydrogen) atoms. The normalized spacial score (nSPS) is 12.8. The van der Waals surface area contributed by atoms with Crippen molar-refractivity contribution in [2.24, 2.45) is 0 Å². The van der Waals surface area contributed by atoms with Crippen molar-refractivity contribution in [1.82, 2.24) is 4.72 Å². The molecule has 0 heterocycles. The molecule has 0 saturated carbocycles. The van der Waals surface area contributed by atoms with Crippen LogP contribution in [-0.2, 0) is 10.0 Å². The fourth-order valence-corrected chi connectivity index (χ4v) is 2.17. The highest BCUT2D eigenvalue weighted by molar-refractivity contribution is 7.90. The van der Waals surface area contributed by atoms with Crippen LogP contribution in [0.4, 0.5) is 0 Å². The molecule has 1 N–H and O–H groups in total. The van der Waals surface area contributed by atoms with Crippen LogP contribution < -0.4 is 4.72 Å². The predicted molar refractivity (Wildman–Crippen MR) is 51.5 cm³/mol. The van der Waals surface area contributed by atoms with E-state index in [1.165, 1.54) is 0 Å². The zero-order valence-corrected chi connectivity index (χ0v) is 8.84. The molecule has 0 aliphatic heterocycles. The first-order valence-corrected chi connectivity index (χ1v) is 5.88. The van der Waals surface area contributed by atoms with Gasteiger partial charge in [-0.1, -0.05) is 13.3 Å². The average molecular weight is 215 g/mol. The molecule has 1 unspecified atom stereocenters. The summed E-state index contributed by atoms with van der Waals surface area (Å²) in [6.07, 6.45) is 1.07. The summed E-state index contributed by atoms with van der Waals surface area (Å²) >= 11 is 0. The van der Waals surface area contributed by atoms with Gasteiger partial charge in [-0.25, -0.2) is 13.1 Å². The summed E-state index contributed by atoms with van der Waals surface area (Å²) in [6, 6.07) is 3.56. The number of rotatable bonds is 6. The highest BCUT2D eigenvalue weighted by Crippen LogP contribution is 2.05. The van der Waals surface area contributed by atoms with Gasteiger partial charge >= 0.3 is 0 Å². The van der Waals surface area contributed by atoms with Gasteiger partial charge < -0.3 is 0 Å². The van der Waals surface area contributed by atoms with E-state index in [1.807, 2.05) is 13.0 Å². The lowest BCUT2D eigenvalue weighted by Gasteiger charge is -2.09. The summed E-state index contributed by atoms with van der Waals surface area (Å²) in [5, 5.41) is 15.8. The van der Waals surface area contributed by atoms with Crippen molar-refractivity contribution in [1.29, 1.82) is 10.5 Å². The van der Waals surface area contributed by atoms with Crippen molar-refractivity contribution in [2.75, 3.05) is 6.54 Å². The van der Waals surface area contributed by atoms with E-state index in [4.69, 9.17) is 10.5 Å². The largest absolute Gasteiger partial charge is 0.228 e. The van der Waals surface area contributed by atoms with Crippen molar-refractivity contribution in [3.05, 3.63) is 0 Å². The molecule has 0 bridgehead atoms. The van der Waals surface area contributed by atoms with Crippen LogP contribution in [0.25, 0.3) is 0 Å². The van der Waals surface area contributed by atoms with Gasteiger partial charge in [0.15, 0.2) is 5.25 Å². The summed E-state index contributed by atoms with van der Waals surface area (Å²) in [5.41, 5.74) is 0. The number of hydrogen-bond donors (Lipinski definition) is 1. The Balaban J connectivity index is 4.31. The third-order valence-electron chi connectivity index (χ3n) is 1.61. The first-order chi connectivity index (χ1) is 6.58. The van der Waals surface area contributed by atoms with Crippen LogP contribution in [0.5, 0.6) is 0 Å². The Kier molecular flexibility index (Phi) is 5.86. The fraction of sp³-hybridized carbons (Fsp3) is 0.750. The molecule has 0 aromatic heterocycles. The first kappa shape index (κ1) is 12.9. The van der Waals surface area contributed by atoms with E-state index in [0.717, 1.165) is 0 Å². The number of hydrogen-bond acceptors (Lipinski definition) is 4. The molecule has 6 heteroatoms. The standard InChI is InChI=1S/C8H13N3O2S/c1-2-4-8(7-10)14(12,13)11-6-3-5-9/h8,11H,2-4,6H2,1H3. The van der Waals surface area contributed by atoms with E-state index in [1.54, 1.807) is 6.07 Å². The Morgan fingerprint density at radius 2 is 2.07 bits per heavy atom. The molecule has 5 nitrogen and oxygen atoms in total. The highest BCUT2D eigenvalue weighted by atomic mass is 32.2. The molecule has 0 saturated heterocycles. The zero-order chi connectivity index (χ0) is 11.0. The van der Waals surface area contributed by atoms with Crippen molar-refractivity contribution >= 4 is 10.0 Å². The lowest BCUT2D eigenvalue weighted by molar-refractivity contribution is 0.570. The van der Waals surface area contributed by atoms with E-state index >= 15 is 0 Å². The third-order valence-corrected chi connectivity index (χ3v) is 3.31. The minimum Gasteiger partial charge on any atom is -0.213 e. The van der Waals surface area contributed by atoms with Gasteiger partial charge in [-0.15, -0.1) is 0 Å². The van der Waals surface area contributed by atoms with Crippen molar-refractivity contribution in [2.45, 2.75) is 31.4 Å². The van der Waals surface area contributed by atoms with Gasteiger partial charge in [0, 0.05) is 13.0 Å². The molecule has 1 atom stereocenters. The van der Waals surface area contributed by atoms with E-state index in [-0.39, 0.29) is 13.0 Å². The molecule has 0 aromatic rings. The van der Waals surface area contributed by atoms with Crippen molar-refractivity contribution in [3.8, 4) is 12.1 Å². The van der Waals surface area contributed by atoms with Gasteiger partial charge in [-0.3, -0.25) is 0 Å². The topological polar surface area (TPSA) is 93.8 Å². The van der Waals surface area contributed by atoms with Gasteiger partial charge in [0.05, 0.1) is 12.1 Å². The molecule has 0 aromatic carbocycles. The maximum Gasteiger partial charge on any atom is 0.228 e. The van der Waals surface area contributed by atoms with E-state index < -0.39 is 15.3 Å². The Morgan fingerprint density at radius 3 is 2.50 bits per heavy atom. The van der Waals surface area contributed by atoms with Crippen molar-refractivity contribution in [3.63, 3.8) is 0 Å². The summed E-state index contributed by atoms with van der Waals surface area (Å²) < 4.78 is 25.0. The van der Waals surface area contributed by atoms with Crippen LogP contribution in [-0.4, -0.2) is 20.2 Å². The molecule has 0 rings (SSSR count). The second-order valence-corrected chi connectivity index (χ2v) is 4.70. The smallest absolute Gasteiger partial charge is 0.213 e. The van der Waals surface area contributed by atoms with Crippen molar-refractivity contribution < 1.29 is 8.42 Å². The Hall–Kier alpha value is -1.11. The van der Waals surface area contributed by atoms with E-state index in [0.29, 0.717) is 12.8 Å². The molecular formula is C8H13N3O2S. The molecule has 0 spiro atoms. The van der Waals surface area contributed by atoms with E-state index in [2.05, 4.69) is 4.72 Å². The number of nitrogens with one attached hydrogen (secondary N) is 1. The van der Waals surface area contributed by atoms with Crippen LogP contribution in [0.15, 0.2) is 0 Å². The quantitative estimate of drug-likeness (QED) is 0.653. The highest BCUT2D eigenvalue weighted by Gasteiger charge is 2.23. The van der Waals surface area contributed by atoms with Crippen LogP contribution in [0.1, 0.15) is 26.2 Å². The van der Waals surface area contributed by atoms with Crippen LogP contribution >= 0.6 is 0 Å². The zero-order valence-electron chi connectivity index (χ0n) is 8.02. The SMILES string of the molecule is CCCC(C#N)S(=O)(=O)NCCC#N. The van der Waals surface area contributed by atoms with Crippen LogP contribution in [0, 0.1) is 22.7 Å². The molecule has 0 aliphatic rings. The van der Waals surface area contributed by atoms with Gasteiger partial charge in [0.1, 0.15) is 0 Å². The van der Waals surface area contributed by atoms with E-state index in [9.17, 15) is 8.42 Å². The minimum atomic E-state index is -3.57. The molecular weight excluding hydrogens is 202 g/mol. The molecule has 0 fully saturated rings. The van der Waals surface area contributed by atoms with Gasteiger partial charge in [-0.2, -0.15) is 10.5 Å². The van der Waals surface area contributed by atoms with Gasteiger partial charge in [0.2, 0.25) is 10.0 Å². The molecule has 0 amide bonds. The Bertz CT molecular complexity index is 337. The summed E-state index contributed by atoms with van der Waals surface area (Å²) in [4.78, 5) is 0. The summed E-state index contributed by atoms with van der Waals surface area (Å²) in [6.45, 7) is 1.88. The number of nitriles is 2. The van der Waals surface area contributed by atoms with Gasteiger partial charge in [-0.05, 0) is 6.42 Å². The third kappa shape index (κ3) is 4.22. The summed E-state index contributed by atoms with van der Waals surface area (Å²) in [7, 11) is -3.57. The Labute approximate surface area is 84.4 Å². The molecule has 0 radical (unpaired) electrons. The minimum absolute atomic E-state index is 0.0702.